The third kappa shape index (κ3) is 9.31. The molecule has 9 nitrogen and oxygen atoms in total. The lowest BCUT2D eigenvalue weighted by Crippen LogP contribution is -2.33. The molecule has 0 radical (unpaired) electrons. The van der Waals surface area contributed by atoms with Gasteiger partial charge < -0.3 is 30.3 Å². The Morgan fingerprint density at radius 2 is 1.73 bits per heavy atom. The number of nitrogens with one attached hydrogen (secondary N) is 2. The number of methoxy groups -OCH3 is 1. The van der Waals surface area contributed by atoms with Crippen LogP contribution >= 0.6 is 21.6 Å². The van der Waals surface area contributed by atoms with Crippen molar-refractivity contribution in [3.8, 4) is 11.5 Å². The number of aliphatic hydroxyl groups is 1. The molecule has 1 aromatic rings. The van der Waals surface area contributed by atoms with Crippen molar-refractivity contribution in [2.24, 2.45) is 0 Å². The number of esters is 1. The van der Waals surface area contributed by atoms with Gasteiger partial charge in [0.2, 0.25) is 0 Å². The van der Waals surface area contributed by atoms with Crippen LogP contribution in [0, 0.1) is 0 Å². The van der Waals surface area contributed by atoms with Gasteiger partial charge in [-0.05, 0) is 24.6 Å². The van der Waals surface area contributed by atoms with E-state index in [-0.39, 0.29) is 24.4 Å². The molecule has 0 spiro atoms. The first-order valence-corrected chi connectivity index (χ1v) is 11.6. The van der Waals surface area contributed by atoms with Crippen molar-refractivity contribution in [3.05, 3.63) is 35.6 Å². The van der Waals surface area contributed by atoms with Crippen LogP contribution < -0.4 is 15.4 Å². The molecule has 0 aliphatic carbocycles. The van der Waals surface area contributed by atoms with Gasteiger partial charge in [-0.15, -0.1) is 0 Å². The molecule has 0 saturated heterocycles. The van der Waals surface area contributed by atoms with Crippen LogP contribution in [-0.4, -0.2) is 66.3 Å². The molecule has 166 valence electrons. The number of carbonyl (C=O) groups excluding carboxylic acids is 3. The molecule has 0 aromatic heterocycles. The lowest BCUT2D eigenvalue weighted by molar-refractivity contribution is -0.154. The van der Waals surface area contributed by atoms with Crippen LogP contribution in [0.5, 0.6) is 11.5 Å². The summed E-state index contributed by atoms with van der Waals surface area (Å²) in [4.78, 5) is 34.6. The van der Waals surface area contributed by atoms with Crippen molar-refractivity contribution in [2.45, 2.75) is 13.3 Å². The molecule has 0 aliphatic rings. The number of aliphatic hydroxyl groups excluding tert-OH is 1. The molecule has 0 aliphatic heterocycles. The SMILES string of the molecule is CCOC(=O)C(=O)NCCSSCCNC(=O)/C(=C/O)Cc1ccc(OC)c(O)c1. The number of ether oxygens (including phenoxy) is 2. The summed E-state index contributed by atoms with van der Waals surface area (Å²) in [5.41, 5.74) is 0.817. The Labute approximate surface area is 183 Å². The van der Waals surface area contributed by atoms with E-state index in [1.807, 2.05) is 0 Å². The van der Waals surface area contributed by atoms with Crippen LogP contribution in [0.1, 0.15) is 12.5 Å². The first-order chi connectivity index (χ1) is 14.4. The summed E-state index contributed by atoms with van der Waals surface area (Å²) in [7, 11) is 4.43. The standard InChI is InChI=1S/C19H26N2O7S2/c1-3-28-19(26)18(25)21-7-9-30-29-8-6-20-17(24)14(12-22)10-13-4-5-16(27-2)15(23)11-13/h4-5,11-12,22-23H,3,6-10H2,1-2H3,(H,20,24)(H,21,25)/b14-12+. The molecule has 30 heavy (non-hydrogen) atoms. The predicted octanol–water partition coefficient (Wildman–Crippen LogP) is 1.56. The number of benzene rings is 1. The average Bonchev–Trinajstić information content (AvgIpc) is 2.73. The summed E-state index contributed by atoms with van der Waals surface area (Å²) < 4.78 is 9.55. The molecular formula is C19H26N2O7S2. The summed E-state index contributed by atoms with van der Waals surface area (Å²) in [6.45, 7) is 2.49. The number of phenols is 1. The van der Waals surface area contributed by atoms with E-state index in [1.54, 1.807) is 19.1 Å². The van der Waals surface area contributed by atoms with Gasteiger partial charge in [0.25, 0.3) is 5.91 Å². The second-order valence-electron chi connectivity index (χ2n) is 5.71. The molecule has 0 heterocycles. The minimum atomic E-state index is -0.893. The largest absolute Gasteiger partial charge is 0.515 e. The number of hydrogen-bond acceptors (Lipinski definition) is 9. The van der Waals surface area contributed by atoms with Crippen molar-refractivity contribution in [2.75, 3.05) is 38.3 Å². The Morgan fingerprint density at radius 1 is 1.10 bits per heavy atom. The number of amides is 2. The molecular weight excluding hydrogens is 432 g/mol. The second-order valence-corrected chi connectivity index (χ2v) is 8.42. The molecule has 2 amide bonds. The van der Waals surface area contributed by atoms with Crippen LogP contribution in [0.15, 0.2) is 30.0 Å². The Hall–Kier alpha value is -2.53. The summed E-state index contributed by atoms with van der Waals surface area (Å²) in [5, 5.41) is 24.3. The van der Waals surface area contributed by atoms with Crippen LogP contribution in [0.25, 0.3) is 0 Å². The lowest BCUT2D eigenvalue weighted by atomic mass is 10.0. The highest BCUT2D eigenvalue weighted by atomic mass is 33.1. The molecule has 0 bridgehead atoms. The maximum atomic E-state index is 12.2. The Balaban J connectivity index is 2.23. The molecule has 4 N–H and O–H groups in total. The summed E-state index contributed by atoms with van der Waals surface area (Å²) in [6, 6.07) is 4.76. The Morgan fingerprint density at radius 3 is 2.27 bits per heavy atom. The molecule has 1 rings (SSSR count). The molecule has 0 saturated carbocycles. The quantitative estimate of drug-likeness (QED) is 0.0919. The van der Waals surface area contributed by atoms with E-state index in [0.29, 0.717) is 35.9 Å². The monoisotopic (exact) mass is 458 g/mol. The van der Waals surface area contributed by atoms with E-state index < -0.39 is 17.8 Å². The van der Waals surface area contributed by atoms with Crippen molar-refractivity contribution in [3.63, 3.8) is 0 Å². The molecule has 11 heteroatoms. The highest BCUT2D eigenvalue weighted by Gasteiger charge is 2.14. The van der Waals surface area contributed by atoms with Crippen molar-refractivity contribution >= 4 is 39.4 Å². The molecule has 0 unspecified atom stereocenters. The molecule has 0 atom stereocenters. The Bertz CT molecular complexity index is 756. The second kappa shape index (κ2) is 14.5. The summed E-state index contributed by atoms with van der Waals surface area (Å²) in [6.07, 6.45) is 0.909. The number of aromatic hydroxyl groups is 1. The smallest absolute Gasteiger partial charge is 0.396 e. The van der Waals surface area contributed by atoms with Crippen LogP contribution in [-0.2, 0) is 25.5 Å². The third-order valence-corrected chi connectivity index (χ3v) is 5.98. The normalized spacial score (nSPS) is 10.9. The van der Waals surface area contributed by atoms with E-state index in [0.717, 1.165) is 6.26 Å². The van der Waals surface area contributed by atoms with Gasteiger partial charge in [-0.1, -0.05) is 27.7 Å². The minimum absolute atomic E-state index is 0.0421. The van der Waals surface area contributed by atoms with E-state index in [4.69, 9.17) is 4.74 Å². The first kappa shape index (κ1) is 25.5. The topological polar surface area (TPSA) is 134 Å². The predicted molar refractivity (Wildman–Crippen MR) is 117 cm³/mol. The van der Waals surface area contributed by atoms with Gasteiger partial charge in [-0.3, -0.25) is 9.59 Å². The van der Waals surface area contributed by atoms with Crippen LogP contribution in [0.2, 0.25) is 0 Å². The highest BCUT2D eigenvalue weighted by Crippen LogP contribution is 2.27. The van der Waals surface area contributed by atoms with Gasteiger partial charge >= 0.3 is 11.9 Å². The zero-order chi connectivity index (χ0) is 22.4. The fourth-order valence-corrected chi connectivity index (χ4v) is 3.98. The fraction of sp³-hybridized carbons (Fsp3) is 0.421. The summed E-state index contributed by atoms with van der Waals surface area (Å²) in [5.74, 6) is -0.567. The maximum Gasteiger partial charge on any atom is 0.396 e. The maximum absolute atomic E-state index is 12.2. The fourth-order valence-electron chi connectivity index (χ4n) is 2.16. The van der Waals surface area contributed by atoms with E-state index in [1.165, 1.54) is 34.8 Å². The highest BCUT2D eigenvalue weighted by molar-refractivity contribution is 8.76. The molecule has 0 fully saturated rings. The number of hydrogen-bond donors (Lipinski definition) is 4. The number of phenolic OH excluding ortho intramolecular Hbond substituents is 1. The third-order valence-electron chi connectivity index (χ3n) is 3.57. The summed E-state index contributed by atoms with van der Waals surface area (Å²) >= 11 is 0. The van der Waals surface area contributed by atoms with Gasteiger partial charge in [0.05, 0.1) is 25.6 Å². The van der Waals surface area contributed by atoms with Crippen molar-refractivity contribution in [1.82, 2.24) is 10.6 Å². The number of rotatable bonds is 12. The first-order valence-electron chi connectivity index (χ1n) is 9.09. The van der Waals surface area contributed by atoms with E-state index in [2.05, 4.69) is 15.4 Å². The van der Waals surface area contributed by atoms with Crippen LogP contribution in [0.3, 0.4) is 0 Å². The number of carbonyl (C=O) groups is 3. The van der Waals surface area contributed by atoms with Gasteiger partial charge in [-0.2, -0.15) is 0 Å². The zero-order valence-electron chi connectivity index (χ0n) is 16.8. The van der Waals surface area contributed by atoms with Gasteiger partial charge in [0, 0.05) is 31.0 Å². The van der Waals surface area contributed by atoms with Gasteiger partial charge in [0.15, 0.2) is 11.5 Å². The molecule has 1 aromatic carbocycles. The van der Waals surface area contributed by atoms with E-state index >= 15 is 0 Å². The van der Waals surface area contributed by atoms with Crippen molar-refractivity contribution in [1.29, 1.82) is 0 Å². The lowest BCUT2D eigenvalue weighted by Gasteiger charge is -2.10. The van der Waals surface area contributed by atoms with Crippen molar-refractivity contribution < 1.29 is 34.1 Å². The Kier molecular flexibility index (Phi) is 12.3. The zero-order valence-corrected chi connectivity index (χ0v) is 18.4. The van der Waals surface area contributed by atoms with Gasteiger partial charge in [0.1, 0.15) is 0 Å². The van der Waals surface area contributed by atoms with Crippen LogP contribution in [0.4, 0.5) is 0 Å². The van der Waals surface area contributed by atoms with Gasteiger partial charge in [-0.25, -0.2) is 4.79 Å². The minimum Gasteiger partial charge on any atom is -0.515 e. The average molecular weight is 459 g/mol. The van der Waals surface area contributed by atoms with E-state index in [9.17, 15) is 24.6 Å².